The van der Waals surface area contributed by atoms with Crippen molar-refractivity contribution < 1.29 is 51.0 Å². The molecular weight excluding hydrogens is 698 g/mol. The number of carboxylic acids is 1. The van der Waals surface area contributed by atoms with Crippen LogP contribution in [0.1, 0.15) is 80.0 Å². The Morgan fingerprint density at radius 1 is 0.962 bits per heavy atom. The number of alkyl halides is 6. The van der Waals surface area contributed by atoms with Crippen molar-refractivity contribution in [1.82, 2.24) is 15.5 Å². The Balaban J connectivity index is 0.000000944. The second-order valence-electron chi connectivity index (χ2n) is 13.0. The predicted molar refractivity (Wildman–Crippen MR) is 180 cm³/mol. The SMILES string of the molecule is CC(=N)N1CCC(CNC(=O)[C@@H](NC(=O)C(Cc2ccc(/C(N)=N/O)cc2)c2cccc(C(F)(F)F)c2)C2CCCCC2)CC1.O=C(O)C(F)(F)F. The van der Waals surface area contributed by atoms with Crippen LogP contribution in [0.25, 0.3) is 0 Å². The van der Waals surface area contributed by atoms with Crippen LogP contribution in [-0.4, -0.2) is 76.5 Å². The Labute approximate surface area is 297 Å². The Bertz CT molecular complexity index is 1550. The summed E-state index contributed by atoms with van der Waals surface area (Å²) in [5, 5.41) is 33.0. The first-order valence-corrected chi connectivity index (χ1v) is 16.8. The van der Waals surface area contributed by atoms with E-state index in [1.54, 1.807) is 31.2 Å². The topological polar surface area (TPSA) is 181 Å². The fourth-order valence-corrected chi connectivity index (χ4v) is 6.34. The number of carboxylic acid groups (broad SMARTS) is 1. The van der Waals surface area contributed by atoms with Gasteiger partial charge in [0, 0.05) is 25.2 Å². The van der Waals surface area contributed by atoms with Crippen molar-refractivity contribution in [3.63, 3.8) is 0 Å². The van der Waals surface area contributed by atoms with Gasteiger partial charge in [-0.1, -0.05) is 66.9 Å². The molecule has 2 amide bonds. The highest BCUT2D eigenvalue weighted by Gasteiger charge is 2.38. The maximum Gasteiger partial charge on any atom is 0.490 e. The van der Waals surface area contributed by atoms with Crippen molar-refractivity contribution in [2.75, 3.05) is 19.6 Å². The summed E-state index contributed by atoms with van der Waals surface area (Å²) in [6.07, 6.45) is -3.40. The van der Waals surface area contributed by atoms with Crippen LogP contribution >= 0.6 is 0 Å². The van der Waals surface area contributed by atoms with E-state index in [0.717, 1.165) is 70.2 Å². The number of nitrogens with two attached hydrogens (primary N) is 1. The van der Waals surface area contributed by atoms with Gasteiger partial charge in [-0.2, -0.15) is 26.3 Å². The molecule has 11 nitrogen and oxygen atoms in total. The minimum Gasteiger partial charge on any atom is -0.475 e. The van der Waals surface area contributed by atoms with Gasteiger partial charge in [0.15, 0.2) is 5.84 Å². The second kappa shape index (κ2) is 18.6. The van der Waals surface area contributed by atoms with Crippen molar-refractivity contribution in [3.8, 4) is 0 Å². The van der Waals surface area contributed by atoms with Crippen molar-refractivity contribution in [3.05, 3.63) is 70.8 Å². The van der Waals surface area contributed by atoms with E-state index in [4.69, 9.17) is 26.3 Å². The molecule has 1 saturated heterocycles. The van der Waals surface area contributed by atoms with Gasteiger partial charge in [-0.3, -0.25) is 15.0 Å². The smallest absolute Gasteiger partial charge is 0.475 e. The first-order chi connectivity index (χ1) is 24.4. The van der Waals surface area contributed by atoms with Crippen molar-refractivity contribution in [2.24, 2.45) is 22.7 Å². The van der Waals surface area contributed by atoms with Crippen molar-refractivity contribution in [1.29, 1.82) is 5.41 Å². The molecule has 2 aromatic rings. The predicted octanol–water partition coefficient (Wildman–Crippen LogP) is 5.65. The number of hydrogen-bond acceptors (Lipinski definition) is 6. The summed E-state index contributed by atoms with van der Waals surface area (Å²) in [6.45, 7) is 3.76. The van der Waals surface area contributed by atoms with Gasteiger partial charge >= 0.3 is 18.3 Å². The zero-order valence-electron chi connectivity index (χ0n) is 28.6. The molecule has 286 valence electrons. The summed E-state index contributed by atoms with van der Waals surface area (Å²) >= 11 is 0. The molecule has 52 heavy (non-hydrogen) atoms. The lowest BCUT2D eigenvalue weighted by atomic mass is 9.82. The fourth-order valence-electron chi connectivity index (χ4n) is 6.34. The number of carbonyl (C=O) groups is 3. The Morgan fingerprint density at radius 3 is 2.08 bits per heavy atom. The fraction of sp³-hybridized carbons (Fsp3) is 0.514. The molecule has 1 unspecified atom stereocenters. The van der Waals surface area contributed by atoms with E-state index in [0.29, 0.717) is 23.5 Å². The maximum atomic E-state index is 14.0. The zero-order chi connectivity index (χ0) is 38.6. The number of benzene rings is 2. The Kier molecular flexibility index (Phi) is 14.9. The number of amides is 2. The average molecular weight is 743 g/mol. The molecule has 1 heterocycles. The summed E-state index contributed by atoms with van der Waals surface area (Å²) < 4.78 is 72.7. The molecule has 0 bridgehead atoms. The minimum absolute atomic E-state index is 0.0766. The highest BCUT2D eigenvalue weighted by Crippen LogP contribution is 2.33. The summed E-state index contributed by atoms with van der Waals surface area (Å²) in [6, 6.07) is 10.5. The quantitative estimate of drug-likeness (QED) is 0.0598. The maximum absolute atomic E-state index is 14.0. The zero-order valence-corrected chi connectivity index (χ0v) is 28.6. The molecule has 17 heteroatoms. The number of carbonyl (C=O) groups excluding carboxylic acids is 2. The molecule has 1 aliphatic carbocycles. The van der Waals surface area contributed by atoms with E-state index in [-0.39, 0.29) is 35.6 Å². The molecular formula is C35H44F6N6O5. The van der Waals surface area contributed by atoms with Crippen LogP contribution in [0, 0.1) is 17.2 Å². The monoisotopic (exact) mass is 742 g/mol. The summed E-state index contributed by atoms with van der Waals surface area (Å²) in [7, 11) is 0. The summed E-state index contributed by atoms with van der Waals surface area (Å²) in [4.78, 5) is 38.6. The Hall–Kier alpha value is -4.83. The van der Waals surface area contributed by atoms with Gasteiger partial charge in [0.2, 0.25) is 11.8 Å². The average Bonchev–Trinajstić information content (AvgIpc) is 3.11. The normalized spacial score (nSPS) is 17.3. The highest BCUT2D eigenvalue weighted by molar-refractivity contribution is 5.97. The van der Waals surface area contributed by atoms with Crippen LogP contribution in [0.2, 0.25) is 0 Å². The van der Waals surface area contributed by atoms with Crippen LogP contribution in [-0.2, 0) is 27.0 Å². The van der Waals surface area contributed by atoms with E-state index in [1.807, 2.05) is 4.90 Å². The van der Waals surface area contributed by atoms with Crippen LogP contribution in [0.4, 0.5) is 26.3 Å². The molecule has 0 aromatic heterocycles. The molecule has 0 radical (unpaired) electrons. The Morgan fingerprint density at radius 2 is 1.56 bits per heavy atom. The molecule has 2 aromatic carbocycles. The number of oxime groups is 1. The number of rotatable bonds is 10. The van der Waals surface area contributed by atoms with Gasteiger partial charge in [0.05, 0.1) is 17.3 Å². The van der Waals surface area contributed by atoms with Gasteiger partial charge in [-0.25, -0.2) is 4.79 Å². The molecule has 4 rings (SSSR count). The summed E-state index contributed by atoms with van der Waals surface area (Å²) in [5.74, 6) is -3.92. The van der Waals surface area contributed by atoms with Crippen molar-refractivity contribution >= 4 is 29.5 Å². The van der Waals surface area contributed by atoms with Gasteiger partial charge in [0.1, 0.15) is 6.04 Å². The molecule has 2 fully saturated rings. The molecule has 1 aliphatic heterocycles. The van der Waals surface area contributed by atoms with Crippen LogP contribution in [0.15, 0.2) is 53.7 Å². The van der Waals surface area contributed by atoms with E-state index in [1.165, 1.54) is 12.1 Å². The number of nitrogens with zero attached hydrogens (tertiary/aromatic N) is 2. The third-order valence-corrected chi connectivity index (χ3v) is 9.33. The number of halogens is 6. The largest absolute Gasteiger partial charge is 0.490 e. The van der Waals surface area contributed by atoms with Gasteiger partial charge in [-0.15, -0.1) is 0 Å². The highest BCUT2D eigenvalue weighted by atomic mass is 19.4. The van der Waals surface area contributed by atoms with E-state index in [9.17, 15) is 35.9 Å². The molecule has 1 saturated carbocycles. The van der Waals surface area contributed by atoms with Crippen LogP contribution in [0.3, 0.4) is 0 Å². The second-order valence-corrected chi connectivity index (χ2v) is 13.0. The minimum atomic E-state index is -5.08. The van der Waals surface area contributed by atoms with Gasteiger partial charge in [-0.05, 0) is 68.1 Å². The lowest BCUT2D eigenvalue weighted by Gasteiger charge is -2.34. The van der Waals surface area contributed by atoms with Crippen molar-refractivity contribution in [2.45, 2.75) is 82.6 Å². The standard InChI is InChI=1S/C33H43F3N6O3.C2HF3O2/c1-21(37)42-16-14-23(15-17-42)20-39-32(44)29(24-6-3-2-4-7-24)40-31(43)28(26-8-5-9-27(19-26)33(34,35)36)18-22-10-12-25(13-11-22)30(38)41-45;3-2(4,5)1(6)7/h5,8-13,19,23-24,28-29,37,45H,2-4,6-7,14-18,20H2,1H3,(H2,38,41)(H,39,44)(H,40,43);(H,6,7)/t28?,29-;/m0./s1. The lowest BCUT2D eigenvalue weighted by molar-refractivity contribution is -0.192. The van der Waals surface area contributed by atoms with Crippen LogP contribution < -0.4 is 16.4 Å². The van der Waals surface area contributed by atoms with Gasteiger partial charge in [0.25, 0.3) is 0 Å². The molecule has 7 N–H and O–H groups in total. The number of nitrogens with one attached hydrogen (secondary N) is 3. The number of aliphatic carboxylic acids is 1. The first-order valence-electron chi connectivity index (χ1n) is 16.8. The number of amidine groups is 2. The number of piperidine rings is 1. The first kappa shape index (κ1) is 41.6. The number of hydrogen-bond donors (Lipinski definition) is 6. The summed E-state index contributed by atoms with van der Waals surface area (Å²) in [5.41, 5.74) is 6.12. The molecule has 0 spiro atoms. The lowest BCUT2D eigenvalue weighted by Crippen LogP contribution is -2.53. The van der Waals surface area contributed by atoms with Crippen LogP contribution in [0.5, 0.6) is 0 Å². The van der Waals surface area contributed by atoms with E-state index in [2.05, 4.69) is 15.8 Å². The van der Waals surface area contributed by atoms with E-state index >= 15 is 0 Å². The third-order valence-electron chi connectivity index (χ3n) is 9.33. The van der Waals surface area contributed by atoms with Gasteiger partial charge < -0.3 is 31.6 Å². The van der Waals surface area contributed by atoms with E-state index < -0.39 is 41.8 Å². The molecule has 2 aliphatic rings. The third kappa shape index (κ3) is 12.4. The molecule has 2 atom stereocenters. The number of likely N-dealkylation sites (tertiary alicyclic amines) is 1.